The quantitative estimate of drug-likeness (QED) is 0.146. The highest BCUT2D eigenvalue weighted by molar-refractivity contribution is 6.74. The highest BCUT2D eigenvalue weighted by Gasteiger charge is 2.41. The summed E-state index contributed by atoms with van der Waals surface area (Å²) >= 11 is 0. The van der Waals surface area contributed by atoms with Crippen LogP contribution in [0.3, 0.4) is 0 Å². The Kier molecular flexibility index (Phi) is 11.3. The summed E-state index contributed by atoms with van der Waals surface area (Å²) < 4.78 is 2.69. The third-order valence-corrected chi connectivity index (χ3v) is 18.6. The standard InChI is InChI=1S/C74H69BN4/c1-71(2)39-40-72(3,4)59-43-49(34-36-58(59)71)76-63-37-35-54(77(50-24-13-9-14-25-50)51-26-15-10-16-27-51)44-56(63)57-45-66(78(52-28-17-11-18-29-52)53-30-19-12-20-31-53)68-67-55-32-22-21-23-48(55)33-38-64(67)79-65-47-61-60(46-62(65)75-69(57)70(68)79)73(5,6)41-42-74(61,7)8/h9-38,43-47,75-76H,39-42H2,1-8H3. The molecule has 79 heavy (non-hydrogen) atoms. The number of benzene rings is 10. The van der Waals surface area contributed by atoms with E-state index in [4.69, 9.17) is 0 Å². The molecule has 0 atom stereocenters. The minimum absolute atomic E-state index is 0.0331. The fraction of sp³-hybridized carbons (Fsp3) is 0.216. The largest absolute Gasteiger partial charge is 0.355 e. The molecule has 10 aromatic carbocycles. The molecule has 1 aromatic heterocycles. The van der Waals surface area contributed by atoms with Crippen LogP contribution in [-0.2, 0) is 21.7 Å². The van der Waals surface area contributed by atoms with Crippen molar-refractivity contribution in [1.29, 1.82) is 0 Å². The minimum Gasteiger partial charge on any atom is -0.355 e. The van der Waals surface area contributed by atoms with Crippen LogP contribution in [-0.4, -0.2) is 11.8 Å². The summed E-state index contributed by atoms with van der Waals surface area (Å²) in [7, 11) is 0.781. The van der Waals surface area contributed by atoms with Crippen molar-refractivity contribution in [2.75, 3.05) is 15.1 Å². The van der Waals surface area contributed by atoms with E-state index in [0.29, 0.717) is 0 Å². The maximum absolute atomic E-state index is 4.17. The van der Waals surface area contributed by atoms with Gasteiger partial charge in [0.05, 0.1) is 16.7 Å². The lowest BCUT2D eigenvalue weighted by Gasteiger charge is -2.43. The van der Waals surface area contributed by atoms with Crippen LogP contribution in [0.1, 0.15) is 103 Å². The molecule has 5 heteroatoms. The van der Waals surface area contributed by atoms with E-state index in [2.05, 4.69) is 287 Å². The number of rotatable bonds is 9. The first-order valence-electron chi connectivity index (χ1n) is 28.7. The molecule has 0 unspecified atom stereocenters. The van der Waals surface area contributed by atoms with Crippen LogP contribution in [0.5, 0.6) is 0 Å². The predicted octanol–water partition coefficient (Wildman–Crippen LogP) is 18.7. The van der Waals surface area contributed by atoms with Gasteiger partial charge in [-0.1, -0.05) is 176 Å². The molecule has 0 saturated heterocycles. The van der Waals surface area contributed by atoms with Gasteiger partial charge in [-0.25, -0.2) is 0 Å². The second-order valence-electron chi connectivity index (χ2n) is 25.5. The van der Waals surface area contributed by atoms with Gasteiger partial charge in [-0.15, -0.1) is 0 Å². The van der Waals surface area contributed by atoms with Crippen LogP contribution in [0, 0.1) is 0 Å². The molecule has 0 saturated carbocycles. The molecule has 1 aliphatic heterocycles. The van der Waals surface area contributed by atoms with Gasteiger partial charge in [-0.3, -0.25) is 0 Å². The Bertz CT molecular complexity index is 4110. The number of anilines is 8. The van der Waals surface area contributed by atoms with E-state index in [0.717, 1.165) is 77.6 Å². The Balaban J connectivity index is 1.14. The van der Waals surface area contributed by atoms with E-state index in [9.17, 15) is 0 Å². The lowest BCUT2D eigenvalue weighted by molar-refractivity contribution is 0.332. The van der Waals surface area contributed by atoms with Crippen molar-refractivity contribution in [3.8, 4) is 16.8 Å². The zero-order valence-corrected chi connectivity index (χ0v) is 47.1. The van der Waals surface area contributed by atoms with E-state index in [1.807, 2.05) is 0 Å². The van der Waals surface area contributed by atoms with Gasteiger partial charge in [0.1, 0.15) is 0 Å². The molecule has 11 aromatic rings. The van der Waals surface area contributed by atoms with E-state index < -0.39 is 0 Å². The van der Waals surface area contributed by atoms with Crippen molar-refractivity contribution < 1.29 is 0 Å². The van der Waals surface area contributed by atoms with Gasteiger partial charge in [0, 0.05) is 61.8 Å². The molecular weight excluding hydrogens is 956 g/mol. The average Bonchev–Trinajstić information content (AvgIpc) is 3.67. The normalized spacial score (nSPS) is 16.2. The molecule has 0 amide bonds. The molecule has 1 N–H and O–H groups in total. The zero-order valence-electron chi connectivity index (χ0n) is 47.1. The lowest BCUT2D eigenvalue weighted by Crippen LogP contribution is -2.41. The first-order chi connectivity index (χ1) is 38.1. The van der Waals surface area contributed by atoms with Crippen LogP contribution in [0.25, 0.3) is 49.4 Å². The Hall–Kier alpha value is -8.28. The first kappa shape index (κ1) is 49.1. The molecule has 0 fully saturated rings. The van der Waals surface area contributed by atoms with Gasteiger partial charge >= 0.3 is 0 Å². The smallest absolute Gasteiger partial charge is 0.198 e. The topological polar surface area (TPSA) is 23.4 Å². The maximum Gasteiger partial charge on any atom is 0.198 e. The van der Waals surface area contributed by atoms with Crippen molar-refractivity contribution >= 4 is 96.3 Å². The van der Waals surface area contributed by atoms with Crippen molar-refractivity contribution in [3.05, 3.63) is 235 Å². The lowest BCUT2D eigenvalue weighted by atomic mass is 9.55. The summed E-state index contributed by atoms with van der Waals surface area (Å²) in [6, 6.07) is 79.7. The Morgan fingerprint density at radius 1 is 0.418 bits per heavy atom. The summed E-state index contributed by atoms with van der Waals surface area (Å²) in [6.07, 6.45) is 4.64. The number of fused-ring (bicyclic) bond motifs is 9. The summed E-state index contributed by atoms with van der Waals surface area (Å²) in [5, 5.41) is 9.21. The highest BCUT2D eigenvalue weighted by atomic mass is 15.2. The SMILES string of the molecule is CC1(C)CCC(C)(C)c2cc(Nc3ccc(N(c4ccccc4)c4ccccc4)cc3-c3cc(N(c4ccccc4)c4ccccc4)c4c5c6ccccc6ccc5n5c4c3Bc3cc4c(cc3-5)C(C)(C)CCC4(C)C)ccc21. The van der Waals surface area contributed by atoms with Gasteiger partial charge in [-0.05, 0) is 188 Å². The number of nitrogens with zero attached hydrogens (tertiary/aromatic N) is 3. The van der Waals surface area contributed by atoms with E-state index in [1.165, 1.54) is 83.4 Å². The minimum atomic E-state index is 0.0331. The summed E-state index contributed by atoms with van der Waals surface area (Å²) in [6.45, 7) is 19.6. The van der Waals surface area contributed by atoms with E-state index in [1.54, 1.807) is 0 Å². The monoisotopic (exact) mass is 1020 g/mol. The molecule has 14 rings (SSSR count). The van der Waals surface area contributed by atoms with Crippen LogP contribution in [0.15, 0.2) is 212 Å². The summed E-state index contributed by atoms with van der Waals surface area (Å²) in [4.78, 5) is 4.93. The molecule has 0 spiro atoms. The van der Waals surface area contributed by atoms with Gasteiger partial charge in [0.25, 0.3) is 0 Å². The van der Waals surface area contributed by atoms with Crippen molar-refractivity contribution in [1.82, 2.24) is 4.57 Å². The highest BCUT2D eigenvalue weighted by Crippen LogP contribution is 2.52. The maximum atomic E-state index is 4.17. The molecular formula is C74H69BN4. The Morgan fingerprint density at radius 2 is 0.937 bits per heavy atom. The van der Waals surface area contributed by atoms with Crippen LogP contribution < -0.4 is 26.0 Å². The third kappa shape index (κ3) is 8.02. The number of hydrogen-bond acceptors (Lipinski definition) is 3. The molecule has 4 nitrogen and oxygen atoms in total. The molecule has 388 valence electrons. The molecule has 2 aliphatic carbocycles. The van der Waals surface area contributed by atoms with Crippen LogP contribution in [0.4, 0.5) is 45.5 Å². The van der Waals surface area contributed by atoms with Crippen molar-refractivity contribution in [2.24, 2.45) is 0 Å². The first-order valence-corrected chi connectivity index (χ1v) is 28.7. The number of para-hydroxylation sites is 4. The second kappa shape index (κ2) is 18.1. The van der Waals surface area contributed by atoms with E-state index >= 15 is 0 Å². The van der Waals surface area contributed by atoms with Gasteiger partial charge in [0.15, 0.2) is 7.28 Å². The fourth-order valence-corrected chi connectivity index (χ4v) is 14.1. The average molecular weight is 1030 g/mol. The van der Waals surface area contributed by atoms with Crippen LogP contribution in [0.2, 0.25) is 0 Å². The fourth-order valence-electron chi connectivity index (χ4n) is 14.1. The number of nitrogens with one attached hydrogen (secondary N) is 1. The molecule has 0 bridgehead atoms. The van der Waals surface area contributed by atoms with E-state index in [-0.39, 0.29) is 21.7 Å². The molecule has 0 radical (unpaired) electrons. The number of hydrogen-bond donors (Lipinski definition) is 1. The van der Waals surface area contributed by atoms with Gasteiger partial charge in [-0.2, -0.15) is 0 Å². The van der Waals surface area contributed by atoms with Crippen molar-refractivity contribution in [2.45, 2.75) is 103 Å². The van der Waals surface area contributed by atoms with Gasteiger partial charge in [0.2, 0.25) is 0 Å². The summed E-state index contributed by atoms with van der Waals surface area (Å²) in [5.41, 5.74) is 23.8. The zero-order chi connectivity index (χ0) is 54.0. The molecule has 2 heterocycles. The van der Waals surface area contributed by atoms with Crippen molar-refractivity contribution in [3.63, 3.8) is 0 Å². The van der Waals surface area contributed by atoms with Gasteiger partial charge < -0.3 is 19.7 Å². The summed E-state index contributed by atoms with van der Waals surface area (Å²) in [5.74, 6) is 0. The Morgan fingerprint density at radius 3 is 1.53 bits per heavy atom. The third-order valence-electron chi connectivity index (χ3n) is 18.6. The second-order valence-corrected chi connectivity index (χ2v) is 25.5. The Labute approximate surface area is 467 Å². The number of aromatic nitrogens is 1. The predicted molar refractivity (Wildman–Crippen MR) is 340 cm³/mol. The molecule has 3 aliphatic rings. The van der Waals surface area contributed by atoms with Crippen LogP contribution >= 0.6 is 0 Å².